The van der Waals surface area contributed by atoms with E-state index >= 15 is 0 Å². The van der Waals surface area contributed by atoms with Crippen molar-refractivity contribution >= 4 is 16.8 Å². The fourth-order valence-corrected chi connectivity index (χ4v) is 1.88. The zero-order valence-electron chi connectivity index (χ0n) is 9.57. The van der Waals surface area contributed by atoms with Crippen LogP contribution in [0.5, 0.6) is 0 Å². The van der Waals surface area contributed by atoms with Crippen LogP contribution in [0, 0.1) is 6.92 Å². The van der Waals surface area contributed by atoms with Gasteiger partial charge in [0, 0.05) is 23.6 Å². The van der Waals surface area contributed by atoms with Crippen molar-refractivity contribution in [1.82, 2.24) is 10.3 Å². The molecule has 1 aromatic carbocycles. The number of H-pyrrole nitrogens is 1. The summed E-state index contributed by atoms with van der Waals surface area (Å²) in [5.74, 6) is -0.162. The molecule has 0 saturated carbocycles. The van der Waals surface area contributed by atoms with E-state index in [9.17, 15) is 4.79 Å². The summed E-state index contributed by atoms with van der Waals surface area (Å²) >= 11 is 0. The van der Waals surface area contributed by atoms with Gasteiger partial charge in [-0.2, -0.15) is 0 Å². The third-order valence-electron chi connectivity index (χ3n) is 2.75. The first kappa shape index (κ1) is 11.7. The Morgan fingerprint density at radius 1 is 1.47 bits per heavy atom. The molecule has 0 aliphatic carbocycles. The first-order valence-electron chi connectivity index (χ1n) is 5.60. The molecule has 4 N–H and O–H groups in total. The summed E-state index contributed by atoms with van der Waals surface area (Å²) in [6.07, 6.45) is 2.43. The zero-order valence-corrected chi connectivity index (χ0v) is 9.57. The Balaban J connectivity index is 2.16. The molecule has 1 amide bonds. The van der Waals surface area contributed by atoms with Gasteiger partial charge in [-0.15, -0.1) is 0 Å². The average molecular weight is 230 g/mol. The summed E-state index contributed by atoms with van der Waals surface area (Å²) in [5.41, 5.74) is 7.96. The van der Waals surface area contributed by atoms with Crippen LogP contribution in [0.2, 0.25) is 0 Å². The number of amides is 1. The van der Waals surface area contributed by atoms with Gasteiger partial charge in [0.25, 0.3) is 0 Å². The molecule has 0 aliphatic rings. The van der Waals surface area contributed by atoms with Gasteiger partial charge >= 0.3 is 0 Å². The molecule has 2 rings (SSSR count). The first-order chi connectivity index (χ1) is 8.22. The molecule has 17 heavy (non-hydrogen) atoms. The number of carbonyl (C=O) groups excluding carboxylic acids is 1. The van der Waals surface area contributed by atoms with Crippen LogP contribution >= 0.6 is 0 Å². The quantitative estimate of drug-likeness (QED) is 0.733. The minimum absolute atomic E-state index is 0.162. The number of aromatic amines is 1. The van der Waals surface area contributed by atoms with E-state index in [4.69, 9.17) is 5.73 Å². The van der Waals surface area contributed by atoms with Crippen molar-refractivity contribution in [2.75, 3.05) is 6.54 Å². The van der Waals surface area contributed by atoms with Crippen molar-refractivity contribution in [3.8, 4) is 0 Å². The van der Waals surface area contributed by atoms with Crippen LogP contribution in [-0.4, -0.2) is 23.5 Å². The standard InChI is InChI=1S/C13H16N3O/c1-2-15-13(17)11(14)7-9-8-16-12-6-4-3-5-10(9)12/h3-6,8,11,16H,1-2,7,14H2,(H,15,17). The number of benzene rings is 1. The maximum absolute atomic E-state index is 11.5. The Labute approximate surface area is 100 Å². The molecule has 1 aromatic heterocycles. The molecule has 1 radical (unpaired) electrons. The highest BCUT2D eigenvalue weighted by Gasteiger charge is 2.14. The largest absolute Gasteiger partial charge is 0.361 e. The summed E-state index contributed by atoms with van der Waals surface area (Å²) in [7, 11) is 0. The van der Waals surface area contributed by atoms with Crippen molar-refractivity contribution in [3.05, 3.63) is 42.9 Å². The number of aromatic nitrogens is 1. The Kier molecular flexibility index (Phi) is 3.44. The van der Waals surface area contributed by atoms with Gasteiger partial charge in [-0.3, -0.25) is 4.79 Å². The SMILES string of the molecule is [CH2]CNC(=O)C(N)Cc1c[nH]c2ccccc12. The molecular formula is C13H16N3O. The number of hydrogen-bond acceptors (Lipinski definition) is 2. The van der Waals surface area contributed by atoms with E-state index in [0.717, 1.165) is 16.5 Å². The van der Waals surface area contributed by atoms with Crippen LogP contribution < -0.4 is 11.1 Å². The first-order valence-corrected chi connectivity index (χ1v) is 5.60. The molecule has 4 heteroatoms. The smallest absolute Gasteiger partial charge is 0.237 e. The molecule has 89 valence electrons. The second kappa shape index (κ2) is 5.01. The minimum Gasteiger partial charge on any atom is -0.361 e. The third-order valence-corrected chi connectivity index (χ3v) is 2.75. The van der Waals surface area contributed by atoms with E-state index in [-0.39, 0.29) is 5.91 Å². The molecule has 0 fully saturated rings. The molecule has 0 saturated heterocycles. The molecule has 4 nitrogen and oxygen atoms in total. The van der Waals surface area contributed by atoms with E-state index < -0.39 is 6.04 Å². The lowest BCUT2D eigenvalue weighted by atomic mass is 10.1. The molecule has 2 aromatic rings. The van der Waals surface area contributed by atoms with Gasteiger partial charge in [0.1, 0.15) is 0 Å². The second-order valence-electron chi connectivity index (χ2n) is 3.96. The van der Waals surface area contributed by atoms with Gasteiger partial charge in [-0.1, -0.05) is 18.2 Å². The summed E-state index contributed by atoms with van der Waals surface area (Å²) in [6, 6.07) is 7.43. The van der Waals surface area contributed by atoms with E-state index in [1.165, 1.54) is 0 Å². The highest BCUT2D eigenvalue weighted by Crippen LogP contribution is 2.18. The predicted octanol–water partition coefficient (Wildman–Crippen LogP) is 0.988. The molecular weight excluding hydrogens is 214 g/mol. The Hall–Kier alpha value is -1.81. The van der Waals surface area contributed by atoms with Gasteiger partial charge in [0.05, 0.1) is 6.04 Å². The number of carbonyl (C=O) groups is 1. The van der Waals surface area contributed by atoms with Crippen LogP contribution in [0.3, 0.4) is 0 Å². The monoisotopic (exact) mass is 230 g/mol. The normalized spacial score (nSPS) is 12.6. The van der Waals surface area contributed by atoms with E-state index in [1.807, 2.05) is 30.5 Å². The lowest BCUT2D eigenvalue weighted by molar-refractivity contribution is -0.122. The van der Waals surface area contributed by atoms with Crippen molar-refractivity contribution in [2.24, 2.45) is 5.73 Å². The highest BCUT2D eigenvalue weighted by atomic mass is 16.2. The van der Waals surface area contributed by atoms with Crippen LogP contribution in [-0.2, 0) is 11.2 Å². The Morgan fingerprint density at radius 3 is 3.00 bits per heavy atom. The lowest BCUT2D eigenvalue weighted by Gasteiger charge is -2.10. The summed E-state index contributed by atoms with van der Waals surface area (Å²) < 4.78 is 0. The van der Waals surface area contributed by atoms with Gasteiger partial charge in [-0.25, -0.2) is 0 Å². The second-order valence-corrected chi connectivity index (χ2v) is 3.96. The van der Waals surface area contributed by atoms with Crippen LogP contribution in [0.15, 0.2) is 30.5 Å². The highest BCUT2D eigenvalue weighted by molar-refractivity contribution is 5.86. The molecule has 0 spiro atoms. The molecule has 1 atom stereocenters. The zero-order chi connectivity index (χ0) is 12.3. The minimum atomic E-state index is -0.532. The van der Waals surface area contributed by atoms with Crippen molar-refractivity contribution in [3.63, 3.8) is 0 Å². The lowest BCUT2D eigenvalue weighted by Crippen LogP contribution is -2.41. The molecule has 0 aliphatic heterocycles. The maximum atomic E-state index is 11.5. The number of para-hydroxylation sites is 1. The van der Waals surface area contributed by atoms with Crippen LogP contribution in [0.1, 0.15) is 5.56 Å². The van der Waals surface area contributed by atoms with Gasteiger partial charge < -0.3 is 16.0 Å². The van der Waals surface area contributed by atoms with Gasteiger partial charge in [-0.05, 0) is 25.0 Å². The fourth-order valence-electron chi connectivity index (χ4n) is 1.88. The van der Waals surface area contributed by atoms with E-state index in [1.54, 1.807) is 0 Å². The van der Waals surface area contributed by atoms with Crippen LogP contribution in [0.25, 0.3) is 10.9 Å². The number of nitrogens with one attached hydrogen (secondary N) is 2. The maximum Gasteiger partial charge on any atom is 0.237 e. The van der Waals surface area contributed by atoms with Crippen molar-refractivity contribution < 1.29 is 4.79 Å². The van der Waals surface area contributed by atoms with Crippen molar-refractivity contribution in [2.45, 2.75) is 12.5 Å². The Bertz CT molecular complexity index is 518. The van der Waals surface area contributed by atoms with Gasteiger partial charge in [0.15, 0.2) is 0 Å². The summed E-state index contributed by atoms with van der Waals surface area (Å²) in [4.78, 5) is 14.7. The molecule has 0 bridgehead atoms. The topological polar surface area (TPSA) is 70.9 Å². The third kappa shape index (κ3) is 2.47. The van der Waals surface area contributed by atoms with Crippen LogP contribution in [0.4, 0.5) is 0 Å². The fraction of sp³-hybridized carbons (Fsp3) is 0.231. The predicted molar refractivity (Wildman–Crippen MR) is 68.3 cm³/mol. The van der Waals surface area contributed by atoms with E-state index in [2.05, 4.69) is 17.2 Å². The number of fused-ring (bicyclic) bond motifs is 1. The number of rotatable bonds is 4. The Morgan fingerprint density at radius 2 is 2.24 bits per heavy atom. The number of nitrogens with two attached hydrogens (primary N) is 1. The summed E-state index contributed by atoms with van der Waals surface area (Å²) in [6.45, 7) is 3.92. The molecule has 1 heterocycles. The average Bonchev–Trinajstić information content (AvgIpc) is 2.73. The van der Waals surface area contributed by atoms with Gasteiger partial charge in [0.2, 0.25) is 5.91 Å². The molecule has 1 unspecified atom stereocenters. The van der Waals surface area contributed by atoms with E-state index in [0.29, 0.717) is 13.0 Å². The van der Waals surface area contributed by atoms with Crippen molar-refractivity contribution in [1.29, 1.82) is 0 Å². The summed E-state index contributed by atoms with van der Waals surface area (Å²) in [5, 5.41) is 3.74. The number of hydrogen-bond donors (Lipinski definition) is 3.